The molecule has 91 heavy (non-hydrogen) atoms. The first-order chi connectivity index (χ1) is 41.7. The summed E-state index contributed by atoms with van der Waals surface area (Å²) in [6.45, 7) is 68.0. The van der Waals surface area contributed by atoms with Crippen LogP contribution >= 0.6 is 0 Å². The molecule has 1 aromatic carbocycles. The first-order valence-corrected chi connectivity index (χ1v) is 47.9. The number of carbonyl (C=O) groups excluding carboxylic acids is 1. The van der Waals surface area contributed by atoms with Gasteiger partial charge in [0.15, 0.2) is 43.1 Å². The van der Waals surface area contributed by atoms with Crippen molar-refractivity contribution in [3.8, 4) is 0 Å². The van der Waals surface area contributed by atoms with Gasteiger partial charge in [0.05, 0.1) is 84.2 Å². The van der Waals surface area contributed by atoms with Crippen molar-refractivity contribution >= 4 is 49.1 Å². The predicted molar refractivity (Wildman–Crippen MR) is 391 cm³/mol. The highest BCUT2D eigenvalue weighted by Crippen LogP contribution is 2.46. The smallest absolute Gasteiger partial charge is 0.311 e. The highest BCUT2D eigenvalue weighted by molar-refractivity contribution is 7.92. The zero-order valence-electron chi connectivity index (χ0n) is 63.1. The average Bonchev–Trinajstić information content (AvgIpc) is 1.68. The van der Waals surface area contributed by atoms with Crippen LogP contribution in [-0.4, -0.2) is 134 Å². The molecule has 1 aromatic rings. The third-order valence-electron chi connectivity index (χ3n) is 21.3. The van der Waals surface area contributed by atoms with Gasteiger partial charge in [0.25, 0.3) is 0 Å². The molecule has 0 aliphatic carbocycles. The van der Waals surface area contributed by atoms with Crippen molar-refractivity contribution in [1.29, 1.82) is 0 Å². The number of carbonyl (C=O) groups is 1. The molecule has 17 heteroatoms. The normalized spacial score (nSPS) is 22.3. The van der Waals surface area contributed by atoms with E-state index in [1.807, 2.05) is 45.9 Å². The molecule has 2 saturated heterocycles. The molecular formula is C74H136O12SSi4. The molecule has 2 heterocycles. The second-order valence-electron chi connectivity index (χ2n) is 33.0. The summed E-state index contributed by atoms with van der Waals surface area (Å²) in [6, 6.07) is 12.1. The van der Waals surface area contributed by atoms with E-state index in [0.717, 1.165) is 48.5 Å². The highest BCUT2D eigenvalue weighted by Gasteiger charge is 2.51. The number of rotatable bonds is 37. The van der Waals surface area contributed by atoms with Crippen LogP contribution < -0.4 is 0 Å². The Hall–Kier alpha value is -1.85. The van der Waals surface area contributed by atoms with Gasteiger partial charge in [-0.3, -0.25) is 4.79 Å². The molecule has 0 N–H and O–H groups in total. The Bertz CT molecular complexity index is 2570. The summed E-state index contributed by atoms with van der Waals surface area (Å²) in [5, 5.41) is -1.29. The largest absolute Gasteiger partial charge is 0.465 e. The molecule has 2 aliphatic rings. The third kappa shape index (κ3) is 24.6. The van der Waals surface area contributed by atoms with Crippen LogP contribution in [0.5, 0.6) is 0 Å². The van der Waals surface area contributed by atoms with Gasteiger partial charge in [-0.2, -0.15) is 0 Å². The van der Waals surface area contributed by atoms with Crippen LogP contribution in [-0.2, 0) is 56.0 Å². The lowest BCUT2D eigenvalue weighted by Crippen LogP contribution is -2.55. The number of benzene rings is 1. The fourth-order valence-electron chi connectivity index (χ4n) is 11.6. The molecular weight excluding hydrogens is 1230 g/mol. The fraction of sp³-hybridized carbons (Fsp3) is 0.797. The van der Waals surface area contributed by atoms with E-state index < -0.39 is 72.1 Å². The van der Waals surface area contributed by atoms with Crippen LogP contribution in [0.25, 0.3) is 0 Å². The Morgan fingerprint density at radius 3 is 1.81 bits per heavy atom. The van der Waals surface area contributed by atoms with Crippen LogP contribution in [0.15, 0.2) is 82.8 Å². The maximum atomic E-state index is 15.7. The topological polar surface area (TPSA) is 134 Å². The third-order valence-corrected chi connectivity index (χ3v) is 41.8. The van der Waals surface area contributed by atoms with Crippen molar-refractivity contribution in [2.45, 2.75) is 335 Å². The molecule has 0 saturated carbocycles. The standard InChI is InChI=1S/C74H136O12SSi4/c1-30-78-46-47-79-60(51-59-42-43-63(81-59)64(41-37-38-53(5)6)84-91(31-2,32-3)33-4)49-56(9)67(87(76,77)61-39-35-34-36-40-61)52-65(83-88(24,25)72(15,16)17)58(11)54(7)48-57(10)68(85-89(26,27)73(18,19)20)69(86-90(28,29)74(21,22)23)66-50-55(8)62(82-66)44-45-80-70(75)71(12,13)14/h34-41,48,55-56,58-60,62-69H,10,30-33,42-47,49-52H2,1-9,11-29H3/b41-37+,54-48+/t55-,56+,58-,59-,60+,62+,63-,64-,65+,66-,67?,68-,69+/m1/s1. The number of esters is 1. The first kappa shape index (κ1) is 83.4. The van der Waals surface area contributed by atoms with Crippen molar-refractivity contribution in [2.24, 2.45) is 23.2 Å². The molecule has 0 amide bonds. The van der Waals surface area contributed by atoms with Gasteiger partial charge in [0, 0.05) is 18.9 Å². The summed E-state index contributed by atoms with van der Waals surface area (Å²) in [4.78, 5) is 13.2. The predicted octanol–water partition coefficient (Wildman–Crippen LogP) is 19.6. The van der Waals surface area contributed by atoms with E-state index in [-0.39, 0.29) is 88.5 Å². The summed E-state index contributed by atoms with van der Waals surface area (Å²) < 4.78 is 94.3. The van der Waals surface area contributed by atoms with Crippen molar-refractivity contribution in [3.05, 3.63) is 77.9 Å². The van der Waals surface area contributed by atoms with Crippen LogP contribution in [0.3, 0.4) is 0 Å². The minimum Gasteiger partial charge on any atom is -0.465 e. The molecule has 13 atom stereocenters. The molecule has 0 radical (unpaired) electrons. The molecule has 526 valence electrons. The Balaban J connectivity index is 2.26. The molecule has 1 unspecified atom stereocenters. The van der Waals surface area contributed by atoms with Gasteiger partial charge in [0.1, 0.15) is 6.10 Å². The van der Waals surface area contributed by atoms with E-state index in [2.05, 4.69) is 188 Å². The van der Waals surface area contributed by atoms with E-state index in [9.17, 15) is 4.79 Å². The fourth-order valence-corrected chi connectivity index (χ4v) is 20.5. The number of hydrogen-bond acceptors (Lipinski definition) is 12. The van der Waals surface area contributed by atoms with E-state index in [1.54, 1.807) is 12.1 Å². The summed E-state index contributed by atoms with van der Waals surface area (Å²) in [7, 11) is -13.6. The van der Waals surface area contributed by atoms with Gasteiger partial charge >= 0.3 is 5.97 Å². The number of hydrogen-bond donors (Lipinski definition) is 0. The zero-order valence-corrected chi connectivity index (χ0v) is 67.9. The Morgan fingerprint density at radius 1 is 0.725 bits per heavy atom. The second-order valence-corrected chi connectivity index (χ2v) is 54.2. The highest BCUT2D eigenvalue weighted by atomic mass is 32.2. The lowest BCUT2D eigenvalue weighted by atomic mass is 9.87. The van der Waals surface area contributed by atoms with Crippen molar-refractivity contribution in [1.82, 2.24) is 0 Å². The second kappa shape index (κ2) is 35.1. The maximum absolute atomic E-state index is 15.7. The van der Waals surface area contributed by atoms with Crippen molar-refractivity contribution < 1.29 is 54.6 Å². The van der Waals surface area contributed by atoms with Crippen LogP contribution in [0.2, 0.25) is 72.5 Å². The molecule has 0 aromatic heterocycles. The average molecular weight is 1360 g/mol. The maximum Gasteiger partial charge on any atom is 0.311 e. The molecule has 0 spiro atoms. The number of sulfone groups is 1. The summed E-state index contributed by atoms with van der Waals surface area (Å²) in [5.41, 5.74) is 2.44. The first-order valence-electron chi connectivity index (χ1n) is 35.1. The van der Waals surface area contributed by atoms with E-state index in [0.29, 0.717) is 44.0 Å². The number of ether oxygens (including phenoxy) is 5. The Kier molecular flexibility index (Phi) is 32.1. The summed E-state index contributed by atoms with van der Waals surface area (Å²) in [6.07, 6.45) is 10.4. The SMILES string of the molecule is C=C(/C=C(\C)[C@@H](C)[C@H](CC([C@@H](C)C[C@@H](C[C@H]1CC[C@H]([C@@H](/C=C/C=C(C)C)O[Si](CC)(CC)CC)O1)OCCOCC)S(=O)(=O)c1ccccc1)O[Si](C)(C)C(C)(C)C)[C@@H](O[Si](C)(C)C(C)(C)C)[C@@H](O[Si](C)(C)C(C)(C)C)[C@H]1C[C@@H](C)[C@H](CCOC(=O)C(C)(C)C)O1. The van der Waals surface area contributed by atoms with Crippen LogP contribution in [0.4, 0.5) is 0 Å². The van der Waals surface area contributed by atoms with Gasteiger partial charge in [-0.05, 0) is 189 Å². The number of allylic oxidation sites excluding steroid dienone is 3. The van der Waals surface area contributed by atoms with Gasteiger partial charge in [-0.15, -0.1) is 0 Å². The molecule has 2 fully saturated rings. The minimum atomic E-state index is -3.96. The van der Waals surface area contributed by atoms with Gasteiger partial charge in [0.2, 0.25) is 0 Å². The lowest BCUT2D eigenvalue weighted by Gasteiger charge is -2.47. The van der Waals surface area contributed by atoms with E-state index in [4.69, 9.17) is 48.0 Å². The Morgan fingerprint density at radius 2 is 1.29 bits per heavy atom. The molecule has 12 nitrogen and oxygen atoms in total. The monoisotopic (exact) mass is 1360 g/mol. The van der Waals surface area contributed by atoms with Gasteiger partial charge < -0.3 is 41.4 Å². The lowest BCUT2D eigenvalue weighted by molar-refractivity contribution is -0.154. The Labute approximate surface area is 562 Å². The van der Waals surface area contributed by atoms with Crippen LogP contribution in [0.1, 0.15) is 197 Å². The molecule has 3 rings (SSSR count). The van der Waals surface area contributed by atoms with Crippen LogP contribution in [0, 0.1) is 23.2 Å². The van der Waals surface area contributed by atoms with Gasteiger partial charge in [-0.25, -0.2) is 8.42 Å². The quantitative estimate of drug-likeness (QED) is 0.0272. The zero-order chi connectivity index (χ0) is 69.5. The van der Waals surface area contributed by atoms with E-state index >= 15 is 8.42 Å². The molecule has 2 aliphatic heterocycles. The molecule has 0 bridgehead atoms. The summed E-state index contributed by atoms with van der Waals surface area (Å²) >= 11 is 0. The minimum absolute atomic E-state index is 0.0933. The van der Waals surface area contributed by atoms with Crippen molar-refractivity contribution in [2.75, 3.05) is 26.4 Å². The van der Waals surface area contributed by atoms with E-state index in [1.165, 1.54) is 5.57 Å². The van der Waals surface area contributed by atoms with Crippen molar-refractivity contribution in [3.63, 3.8) is 0 Å². The summed E-state index contributed by atoms with van der Waals surface area (Å²) in [5.74, 6) is -0.659. The van der Waals surface area contributed by atoms with Gasteiger partial charge in [-0.1, -0.05) is 164 Å².